The second-order valence-electron chi connectivity index (χ2n) is 8.22. The van der Waals surface area contributed by atoms with E-state index < -0.39 is 0 Å². The van der Waals surface area contributed by atoms with Crippen LogP contribution in [-0.2, 0) is 5.54 Å². The number of methoxy groups -OCH3 is 1. The van der Waals surface area contributed by atoms with Crippen LogP contribution >= 0.6 is 0 Å². The Bertz CT molecular complexity index is 915. The van der Waals surface area contributed by atoms with E-state index in [1.54, 1.807) is 25.2 Å². The molecule has 1 aliphatic carbocycles. The smallest absolute Gasteiger partial charge is 0.321 e. The van der Waals surface area contributed by atoms with Crippen molar-refractivity contribution in [3.8, 4) is 11.8 Å². The number of anilines is 1. The maximum Gasteiger partial charge on any atom is 0.321 e. The van der Waals surface area contributed by atoms with E-state index in [1.165, 1.54) is 17.6 Å². The Balaban J connectivity index is 1.50. The van der Waals surface area contributed by atoms with Crippen molar-refractivity contribution >= 4 is 11.7 Å². The number of carbonyl (C=O) groups excluding carboxylic acids is 1. The fourth-order valence-corrected chi connectivity index (χ4v) is 4.53. The van der Waals surface area contributed by atoms with E-state index in [1.807, 2.05) is 0 Å². The lowest BCUT2D eigenvalue weighted by atomic mass is 9.72. The summed E-state index contributed by atoms with van der Waals surface area (Å²) in [7, 11) is 5.30. The number of urea groups is 1. The van der Waals surface area contributed by atoms with Gasteiger partial charge < -0.3 is 15.4 Å². The van der Waals surface area contributed by atoms with E-state index in [0.29, 0.717) is 29.5 Å². The first-order valence-corrected chi connectivity index (χ1v) is 10.9. The Morgan fingerprint density at radius 2 is 1.94 bits per heavy atom. The summed E-state index contributed by atoms with van der Waals surface area (Å²) in [5.74, 6) is 1.12. The monoisotopic (exact) mass is 420 g/mol. The zero-order valence-corrected chi connectivity index (χ0v) is 18.6. The van der Waals surface area contributed by atoms with Crippen LogP contribution in [0.4, 0.5) is 10.5 Å². The molecule has 1 saturated carbocycles. The van der Waals surface area contributed by atoms with Gasteiger partial charge in [0.1, 0.15) is 5.75 Å². The van der Waals surface area contributed by atoms with E-state index in [4.69, 9.17) is 10.00 Å². The van der Waals surface area contributed by atoms with Crippen molar-refractivity contribution in [1.29, 1.82) is 5.26 Å². The molecule has 2 amide bonds. The van der Waals surface area contributed by atoms with Gasteiger partial charge in [-0.15, -0.1) is 0 Å². The lowest BCUT2D eigenvalue weighted by Crippen LogP contribution is -2.43. The van der Waals surface area contributed by atoms with Crippen molar-refractivity contribution in [2.75, 3.05) is 32.6 Å². The maximum absolute atomic E-state index is 12.6. The van der Waals surface area contributed by atoms with E-state index >= 15 is 0 Å². The Labute approximate surface area is 185 Å². The average molecular weight is 421 g/mol. The van der Waals surface area contributed by atoms with Crippen LogP contribution in [0.3, 0.4) is 0 Å². The van der Waals surface area contributed by atoms with Crippen molar-refractivity contribution in [3.05, 3.63) is 59.7 Å². The van der Waals surface area contributed by atoms with Gasteiger partial charge in [0, 0.05) is 25.2 Å². The van der Waals surface area contributed by atoms with Crippen molar-refractivity contribution in [2.24, 2.45) is 5.92 Å². The molecule has 0 aliphatic heterocycles. The lowest BCUT2D eigenvalue weighted by Gasteiger charge is -2.41. The number of hydrogen-bond acceptors (Lipinski definition) is 4. The molecule has 2 aromatic rings. The number of benzene rings is 2. The molecule has 6 heteroatoms. The number of amides is 2. The van der Waals surface area contributed by atoms with Crippen LogP contribution in [0.2, 0.25) is 0 Å². The van der Waals surface area contributed by atoms with Gasteiger partial charge in [0.2, 0.25) is 0 Å². The summed E-state index contributed by atoms with van der Waals surface area (Å²) in [5, 5.41) is 15.6. The summed E-state index contributed by atoms with van der Waals surface area (Å²) in [4.78, 5) is 14.2. The molecule has 2 N–H and O–H groups in total. The van der Waals surface area contributed by atoms with Gasteiger partial charge in [-0.3, -0.25) is 4.90 Å². The topological polar surface area (TPSA) is 77.4 Å². The molecule has 0 saturated heterocycles. The van der Waals surface area contributed by atoms with Gasteiger partial charge in [-0.25, -0.2) is 4.79 Å². The van der Waals surface area contributed by atoms with E-state index in [0.717, 1.165) is 32.1 Å². The third-order valence-corrected chi connectivity index (χ3v) is 6.57. The van der Waals surface area contributed by atoms with Gasteiger partial charge in [-0.05, 0) is 62.8 Å². The first-order valence-electron chi connectivity index (χ1n) is 10.9. The maximum atomic E-state index is 12.6. The Morgan fingerprint density at radius 3 is 2.55 bits per heavy atom. The highest BCUT2D eigenvalue weighted by molar-refractivity contribution is 5.93. The van der Waals surface area contributed by atoms with Gasteiger partial charge in [0.05, 0.1) is 24.4 Å². The molecule has 164 valence electrons. The highest BCUT2D eigenvalue weighted by Crippen LogP contribution is 2.40. The summed E-state index contributed by atoms with van der Waals surface area (Å²) in [6, 6.07) is 17.7. The first kappa shape index (κ1) is 22.6. The fraction of sp³-hybridized carbons (Fsp3) is 0.440. The van der Waals surface area contributed by atoms with E-state index in [2.05, 4.69) is 54.1 Å². The highest BCUT2D eigenvalue weighted by Gasteiger charge is 2.35. The predicted molar refractivity (Wildman–Crippen MR) is 123 cm³/mol. The summed E-state index contributed by atoms with van der Waals surface area (Å²) >= 11 is 0. The molecule has 0 unspecified atom stereocenters. The number of nitriles is 1. The second kappa shape index (κ2) is 10.3. The third kappa shape index (κ3) is 5.18. The van der Waals surface area contributed by atoms with Crippen LogP contribution in [0, 0.1) is 17.2 Å². The van der Waals surface area contributed by atoms with Crippen molar-refractivity contribution < 1.29 is 9.53 Å². The minimum Gasteiger partial charge on any atom is -0.495 e. The number of nitrogens with zero attached hydrogens (tertiary/aromatic N) is 2. The van der Waals surface area contributed by atoms with Crippen LogP contribution in [0.5, 0.6) is 5.75 Å². The Morgan fingerprint density at radius 1 is 1.23 bits per heavy atom. The normalized spacial score (nSPS) is 20.5. The molecule has 0 heterocycles. The number of carbonyl (C=O) groups is 1. The fourth-order valence-electron chi connectivity index (χ4n) is 4.53. The Kier molecular flexibility index (Phi) is 7.54. The van der Waals surface area contributed by atoms with Gasteiger partial charge in [0.15, 0.2) is 0 Å². The van der Waals surface area contributed by atoms with Crippen molar-refractivity contribution in [1.82, 2.24) is 10.6 Å². The minimum atomic E-state index is -0.173. The molecule has 0 aromatic heterocycles. The van der Waals surface area contributed by atoms with Crippen molar-refractivity contribution in [2.45, 2.75) is 37.6 Å². The number of rotatable bonds is 7. The van der Waals surface area contributed by atoms with Gasteiger partial charge in [-0.1, -0.05) is 30.3 Å². The van der Waals surface area contributed by atoms with Crippen LogP contribution in [-0.4, -0.2) is 33.8 Å². The molecule has 31 heavy (non-hydrogen) atoms. The summed E-state index contributed by atoms with van der Waals surface area (Å²) in [6.45, 7) is 0.643. The standard InChI is InChI=1S/C25H32N4O2/c1-27-25(21-7-5-4-6-8-21)14-11-19(12-15-25)13-16-28-24(30)29(2)22-10-9-20(18-26)17-23(22)31-3/h4-10,17,19,27H,11-16H2,1-3H3,(H,28,30). The first-order chi connectivity index (χ1) is 15.0. The molecule has 6 nitrogen and oxygen atoms in total. The van der Waals surface area contributed by atoms with Crippen LogP contribution in [0.15, 0.2) is 48.5 Å². The van der Waals surface area contributed by atoms with Gasteiger partial charge in [0.25, 0.3) is 0 Å². The molecular formula is C25H32N4O2. The van der Waals surface area contributed by atoms with Crippen LogP contribution in [0.25, 0.3) is 0 Å². The highest BCUT2D eigenvalue weighted by atomic mass is 16.5. The summed E-state index contributed by atoms with van der Waals surface area (Å²) < 4.78 is 5.35. The number of hydrogen-bond donors (Lipinski definition) is 2. The summed E-state index contributed by atoms with van der Waals surface area (Å²) in [6.07, 6.45) is 5.47. The number of nitrogens with one attached hydrogen (secondary N) is 2. The molecule has 3 rings (SSSR count). The van der Waals surface area contributed by atoms with E-state index in [-0.39, 0.29) is 11.6 Å². The number of ether oxygens (including phenoxy) is 1. The van der Waals surface area contributed by atoms with Gasteiger partial charge in [-0.2, -0.15) is 5.26 Å². The third-order valence-electron chi connectivity index (χ3n) is 6.57. The zero-order valence-electron chi connectivity index (χ0n) is 18.6. The molecule has 1 aliphatic rings. The molecule has 0 spiro atoms. The van der Waals surface area contributed by atoms with Crippen LogP contribution in [0.1, 0.15) is 43.2 Å². The van der Waals surface area contributed by atoms with E-state index in [9.17, 15) is 4.79 Å². The minimum absolute atomic E-state index is 0.0629. The van der Waals surface area contributed by atoms with Crippen LogP contribution < -0.4 is 20.3 Å². The molecule has 0 atom stereocenters. The van der Waals surface area contributed by atoms with Gasteiger partial charge >= 0.3 is 6.03 Å². The molecular weight excluding hydrogens is 388 g/mol. The molecule has 0 bridgehead atoms. The molecule has 1 fully saturated rings. The lowest BCUT2D eigenvalue weighted by molar-refractivity contribution is 0.192. The molecule has 0 radical (unpaired) electrons. The molecule has 2 aromatic carbocycles. The Hall–Kier alpha value is -3.04. The second-order valence-corrected chi connectivity index (χ2v) is 8.22. The quantitative estimate of drug-likeness (QED) is 0.696. The van der Waals surface area contributed by atoms with Crippen molar-refractivity contribution in [3.63, 3.8) is 0 Å². The predicted octanol–water partition coefficient (Wildman–Crippen LogP) is 4.41. The average Bonchev–Trinajstić information content (AvgIpc) is 2.84. The zero-order chi connectivity index (χ0) is 22.3. The summed E-state index contributed by atoms with van der Waals surface area (Å²) in [5.41, 5.74) is 2.56. The largest absolute Gasteiger partial charge is 0.495 e. The SMILES string of the molecule is CNC1(c2ccccc2)CCC(CCNC(=O)N(C)c2ccc(C#N)cc2OC)CC1.